The van der Waals surface area contributed by atoms with Crippen LogP contribution in [0.3, 0.4) is 0 Å². The summed E-state index contributed by atoms with van der Waals surface area (Å²) in [6, 6.07) is 30.2. The van der Waals surface area contributed by atoms with E-state index in [9.17, 15) is 0 Å². The fraction of sp³-hybridized carbons (Fsp3) is 0.250. The van der Waals surface area contributed by atoms with Crippen LogP contribution < -0.4 is 0 Å². The van der Waals surface area contributed by atoms with Crippen molar-refractivity contribution < 1.29 is 20.8 Å². The molecule has 2 radical (unpaired) electrons. The van der Waals surface area contributed by atoms with E-state index in [1.54, 1.807) is 0 Å². The Balaban J connectivity index is 0.000000204. The Morgan fingerprint density at radius 1 is 0.724 bits per heavy atom. The van der Waals surface area contributed by atoms with E-state index in [0.29, 0.717) is 12.1 Å². The van der Waals surface area contributed by atoms with Crippen LogP contribution >= 0.6 is 17.0 Å². The maximum Gasteiger partial charge on any atom is -0.0809 e. The van der Waals surface area contributed by atoms with E-state index in [-0.39, 0.29) is 0 Å². The molecule has 1 nitrogen and oxygen atoms in total. The number of rotatable bonds is 2. The first kappa shape index (κ1) is 26.2. The van der Waals surface area contributed by atoms with E-state index in [0.717, 1.165) is 0 Å². The van der Waals surface area contributed by atoms with Crippen LogP contribution in [0.1, 0.15) is 27.7 Å². The first-order valence-electron chi connectivity index (χ1n) is 9.60. The Labute approximate surface area is 195 Å². The van der Waals surface area contributed by atoms with Gasteiger partial charge in [0, 0.05) is 0 Å². The quantitative estimate of drug-likeness (QED) is 0.200. The van der Waals surface area contributed by atoms with Crippen molar-refractivity contribution in [2.24, 2.45) is 0 Å². The van der Waals surface area contributed by atoms with Gasteiger partial charge in [-0.05, 0) is 12.1 Å². The molecule has 0 fully saturated rings. The standard InChI is InChI=1S/2C9H7.C6H14BN.2ClH.Zr/c2*1-2-5-9-7-3-6-8(9)4-1;1-5(2)8(7)6(3)4;;;/h2*1-7H;5-6H,1-4H3;2*1H;/q2*-1;;;;+4/p-2. The maximum absolute atomic E-state index is 5.59. The Morgan fingerprint density at radius 3 is 1.34 bits per heavy atom. The SMILES string of the molecule is [B]N(C(C)C)C(C)C.[Cl][Zr+2][Cl].c1ccc2[cH-]ccc2c1.c1ccc2[cH-]ccc2c1. The molecule has 0 aromatic heterocycles. The van der Waals surface area contributed by atoms with Gasteiger partial charge in [-0.2, -0.15) is 35.0 Å². The summed E-state index contributed by atoms with van der Waals surface area (Å²) in [5.74, 6) is 0. The van der Waals surface area contributed by atoms with E-state index in [1.807, 2.05) is 4.81 Å². The average Bonchev–Trinajstić information content (AvgIpc) is 3.38. The van der Waals surface area contributed by atoms with Crippen LogP contribution in [0.5, 0.6) is 0 Å². The van der Waals surface area contributed by atoms with Crippen molar-refractivity contribution in [2.45, 2.75) is 39.8 Å². The Bertz CT molecular complexity index is 783. The molecule has 4 rings (SSSR count). The van der Waals surface area contributed by atoms with E-state index in [4.69, 9.17) is 25.0 Å². The van der Waals surface area contributed by atoms with Crippen molar-refractivity contribution in [1.29, 1.82) is 0 Å². The molecule has 4 aromatic carbocycles. The third kappa shape index (κ3) is 10.1. The molecule has 0 aliphatic carbocycles. The number of halogens is 2. The normalized spacial score (nSPS) is 9.97. The molecule has 29 heavy (non-hydrogen) atoms. The van der Waals surface area contributed by atoms with Gasteiger partial charge in [0.2, 0.25) is 0 Å². The van der Waals surface area contributed by atoms with Crippen molar-refractivity contribution in [3.63, 3.8) is 0 Å². The summed E-state index contributed by atoms with van der Waals surface area (Å²) in [7, 11) is 15.5. The van der Waals surface area contributed by atoms with Crippen LogP contribution in [0, 0.1) is 0 Å². The van der Waals surface area contributed by atoms with Gasteiger partial charge in [0.25, 0.3) is 0 Å². The minimum absolute atomic E-state index is 0.454. The fourth-order valence-corrected chi connectivity index (χ4v) is 2.74. The number of hydrogen-bond donors (Lipinski definition) is 0. The zero-order chi connectivity index (χ0) is 21.6. The Kier molecular flexibility index (Phi) is 13.6. The summed E-state index contributed by atoms with van der Waals surface area (Å²) >= 11 is -0.826. The Morgan fingerprint density at radius 2 is 1.07 bits per heavy atom. The van der Waals surface area contributed by atoms with Crippen molar-refractivity contribution in [1.82, 2.24) is 4.81 Å². The molecule has 0 saturated heterocycles. The first-order valence-corrected chi connectivity index (χ1v) is 15.9. The summed E-state index contributed by atoms with van der Waals surface area (Å²) < 4.78 is 0. The van der Waals surface area contributed by atoms with Crippen LogP contribution in [-0.2, 0) is 20.8 Å². The van der Waals surface area contributed by atoms with Gasteiger partial charge < -0.3 is 4.81 Å². The van der Waals surface area contributed by atoms with Gasteiger partial charge in [0.15, 0.2) is 7.98 Å². The summed E-state index contributed by atoms with van der Waals surface area (Å²) in [6.45, 7) is 8.33. The monoisotopic (exact) mass is 501 g/mol. The van der Waals surface area contributed by atoms with Crippen LogP contribution in [0.15, 0.2) is 84.9 Å². The molecule has 0 heterocycles. The number of nitrogens with zero attached hydrogens (tertiary/aromatic N) is 1. The summed E-state index contributed by atoms with van der Waals surface area (Å²) in [5, 5.41) is 5.32. The minimum atomic E-state index is -0.826. The second-order valence-corrected chi connectivity index (χ2v) is 10.7. The molecule has 0 bridgehead atoms. The molecule has 0 aliphatic heterocycles. The smallest absolute Gasteiger partial charge is 0.0809 e. The molecular weight excluding hydrogens is 475 g/mol. The average molecular weight is 503 g/mol. The molecule has 0 unspecified atom stereocenters. The van der Waals surface area contributed by atoms with E-state index in [2.05, 4.69) is 113 Å². The maximum atomic E-state index is 5.59. The molecule has 0 N–H and O–H groups in total. The van der Waals surface area contributed by atoms with Crippen molar-refractivity contribution in [3.8, 4) is 0 Å². The molecule has 4 aromatic rings. The Hall–Kier alpha value is -0.852. The van der Waals surface area contributed by atoms with Gasteiger partial charge in [0.05, 0.1) is 0 Å². The van der Waals surface area contributed by atoms with Gasteiger partial charge >= 0.3 is 37.9 Å². The van der Waals surface area contributed by atoms with Crippen molar-refractivity contribution >= 4 is 46.6 Å². The molecule has 0 aliphatic rings. The minimum Gasteiger partial charge on any atom is -0.168 e. The van der Waals surface area contributed by atoms with Crippen molar-refractivity contribution in [2.75, 3.05) is 0 Å². The zero-order valence-electron chi connectivity index (χ0n) is 17.5. The van der Waals surface area contributed by atoms with Crippen LogP contribution in [0.2, 0.25) is 0 Å². The third-order valence-corrected chi connectivity index (χ3v) is 4.29. The second kappa shape index (κ2) is 15.0. The predicted octanol–water partition coefficient (Wildman–Crippen LogP) is 7.68. The van der Waals surface area contributed by atoms with Crippen LogP contribution in [0.25, 0.3) is 21.5 Å². The molecular formula is C24H28BCl2NZr. The third-order valence-electron chi connectivity index (χ3n) is 4.29. The second-order valence-electron chi connectivity index (χ2n) is 7.02. The molecule has 5 heteroatoms. The zero-order valence-corrected chi connectivity index (χ0v) is 21.5. The van der Waals surface area contributed by atoms with Gasteiger partial charge in [0.1, 0.15) is 0 Å². The fourth-order valence-electron chi connectivity index (χ4n) is 2.74. The summed E-state index contributed by atoms with van der Waals surface area (Å²) in [6.07, 6.45) is 0. The first-order chi connectivity index (χ1) is 13.9. The summed E-state index contributed by atoms with van der Waals surface area (Å²) in [4.78, 5) is 1.83. The van der Waals surface area contributed by atoms with E-state index >= 15 is 0 Å². The number of fused-ring (bicyclic) bond motifs is 2. The molecule has 0 atom stereocenters. The summed E-state index contributed by atoms with van der Waals surface area (Å²) in [5.41, 5.74) is 0. The molecule has 0 saturated carbocycles. The van der Waals surface area contributed by atoms with Gasteiger partial charge in [-0.15, -0.1) is 59.3 Å². The van der Waals surface area contributed by atoms with Gasteiger partial charge in [-0.25, -0.2) is 0 Å². The molecule has 0 spiro atoms. The van der Waals surface area contributed by atoms with Crippen molar-refractivity contribution in [3.05, 3.63) is 84.9 Å². The number of benzene rings is 2. The topological polar surface area (TPSA) is 3.24 Å². The van der Waals surface area contributed by atoms with Crippen LogP contribution in [0.4, 0.5) is 0 Å². The van der Waals surface area contributed by atoms with E-state index < -0.39 is 20.8 Å². The molecule has 0 amide bonds. The largest absolute Gasteiger partial charge is 0.168 e. The van der Waals surface area contributed by atoms with E-state index in [1.165, 1.54) is 21.5 Å². The van der Waals surface area contributed by atoms with Gasteiger partial charge in [-0.3, -0.25) is 0 Å². The van der Waals surface area contributed by atoms with Crippen LogP contribution in [-0.4, -0.2) is 24.9 Å². The number of hydrogen-bond acceptors (Lipinski definition) is 1. The van der Waals surface area contributed by atoms with Gasteiger partial charge in [-0.1, -0.05) is 39.8 Å². The predicted molar refractivity (Wildman–Crippen MR) is 129 cm³/mol. The molecule has 150 valence electrons.